The number of pyridine rings is 1. The van der Waals surface area contributed by atoms with Crippen LogP contribution in [0.25, 0.3) is 11.0 Å². The van der Waals surface area contributed by atoms with Gasteiger partial charge in [-0.1, -0.05) is 30.3 Å². The number of furan rings is 1. The summed E-state index contributed by atoms with van der Waals surface area (Å²) in [6.07, 6.45) is 3.80. The van der Waals surface area contributed by atoms with Gasteiger partial charge in [-0.2, -0.15) is 5.26 Å². The summed E-state index contributed by atoms with van der Waals surface area (Å²) in [7, 11) is 2.19. The lowest BCUT2D eigenvalue weighted by atomic mass is 9.92. The van der Waals surface area contributed by atoms with Crippen molar-refractivity contribution in [2.24, 2.45) is 0 Å². The van der Waals surface area contributed by atoms with E-state index in [1.807, 2.05) is 12.1 Å². The zero-order valence-corrected chi connectivity index (χ0v) is 14.1. The van der Waals surface area contributed by atoms with E-state index in [0.29, 0.717) is 23.4 Å². The molecule has 0 saturated carbocycles. The molecule has 126 valence electrons. The highest BCUT2D eigenvalue weighted by atomic mass is 16.3. The number of nitriles is 1. The molecule has 25 heavy (non-hydrogen) atoms. The van der Waals surface area contributed by atoms with Crippen molar-refractivity contribution in [1.82, 2.24) is 9.88 Å². The van der Waals surface area contributed by atoms with Crippen molar-refractivity contribution in [2.75, 3.05) is 18.9 Å². The van der Waals surface area contributed by atoms with E-state index < -0.39 is 0 Å². The molecule has 0 spiro atoms. The predicted molar refractivity (Wildman–Crippen MR) is 97.2 cm³/mol. The second-order valence-electron chi connectivity index (χ2n) is 6.60. The zero-order valence-electron chi connectivity index (χ0n) is 14.1. The topological polar surface area (TPSA) is 65.1 Å². The first kappa shape index (κ1) is 15.7. The first-order valence-electron chi connectivity index (χ1n) is 8.54. The third-order valence-corrected chi connectivity index (χ3v) is 4.92. The van der Waals surface area contributed by atoms with E-state index in [1.54, 1.807) is 12.3 Å². The fourth-order valence-electron chi connectivity index (χ4n) is 3.57. The molecular formula is C20H20N4O. The molecule has 1 N–H and O–H groups in total. The molecule has 2 aromatic heterocycles. The number of likely N-dealkylation sites (tertiary alicyclic amines) is 1. The average Bonchev–Trinajstić information content (AvgIpc) is 3.06. The normalized spacial score (nSPS) is 21.1. The number of anilines is 1. The highest BCUT2D eigenvalue weighted by Gasteiger charge is 2.27. The van der Waals surface area contributed by atoms with Gasteiger partial charge in [-0.3, -0.25) is 4.90 Å². The summed E-state index contributed by atoms with van der Waals surface area (Å²) in [4.78, 5) is 6.85. The van der Waals surface area contributed by atoms with E-state index in [-0.39, 0.29) is 0 Å². The number of piperidine rings is 1. The first-order chi connectivity index (χ1) is 12.2. The van der Waals surface area contributed by atoms with Crippen LogP contribution in [0.2, 0.25) is 0 Å². The van der Waals surface area contributed by atoms with Crippen LogP contribution in [0.3, 0.4) is 0 Å². The molecule has 4 rings (SSSR count). The maximum atomic E-state index is 8.95. The maximum absolute atomic E-state index is 8.95. The van der Waals surface area contributed by atoms with E-state index in [0.717, 1.165) is 30.6 Å². The lowest BCUT2D eigenvalue weighted by Gasteiger charge is -2.38. The van der Waals surface area contributed by atoms with Gasteiger partial charge in [0.05, 0.1) is 6.20 Å². The van der Waals surface area contributed by atoms with E-state index in [4.69, 9.17) is 9.68 Å². The Kier molecular flexibility index (Phi) is 4.12. The van der Waals surface area contributed by atoms with E-state index in [1.165, 1.54) is 5.56 Å². The molecule has 5 heteroatoms. The van der Waals surface area contributed by atoms with Crippen LogP contribution in [0.15, 0.2) is 53.1 Å². The summed E-state index contributed by atoms with van der Waals surface area (Å²) >= 11 is 0. The van der Waals surface area contributed by atoms with Gasteiger partial charge in [-0.05, 0) is 31.5 Å². The summed E-state index contributed by atoms with van der Waals surface area (Å²) in [5, 5.41) is 13.4. The number of nitrogens with zero attached hydrogens (tertiary/aromatic N) is 3. The summed E-state index contributed by atoms with van der Waals surface area (Å²) in [6, 6.07) is 17.2. The third kappa shape index (κ3) is 3.21. The lowest BCUT2D eigenvalue weighted by Crippen LogP contribution is -2.39. The van der Waals surface area contributed by atoms with Crippen LogP contribution >= 0.6 is 0 Å². The van der Waals surface area contributed by atoms with Gasteiger partial charge >= 0.3 is 0 Å². The molecule has 0 radical (unpaired) electrons. The van der Waals surface area contributed by atoms with Crippen LogP contribution in [-0.4, -0.2) is 29.5 Å². The highest BCUT2D eigenvalue weighted by molar-refractivity contribution is 5.80. The third-order valence-electron chi connectivity index (χ3n) is 4.92. The number of hydrogen-bond acceptors (Lipinski definition) is 5. The van der Waals surface area contributed by atoms with Crippen molar-refractivity contribution in [1.29, 1.82) is 5.26 Å². The van der Waals surface area contributed by atoms with Gasteiger partial charge in [0.25, 0.3) is 0 Å². The summed E-state index contributed by atoms with van der Waals surface area (Å²) in [6.45, 7) is 1.05. The molecule has 1 aliphatic rings. The van der Waals surface area contributed by atoms with Crippen molar-refractivity contribution >= 4 is 16.8 Å². The number of fused-ring (bicyclic) bond motifs is 1. The molecule has 1 aromatic carbocycles. The molecule has 2 atom stereocenters. The second-order valence-corrected chi connectivity index (χ2v) is 6.60. The Hall–Kier alpha value is -2.84. The summed E-state index contributed by atoms with van der Waals surface area (Å²) in [5.41, 5.74) is 2.00. The minimum atomic E-state index is 0.317. The average molecular weight is 332 g/mol. The largest absolute Gasteiger partial charge is 0.444 e. The van der Waals surface area contributed by atoms with Gasteiger partial charge in [0.15, 0.2) is 5.58 Å². The molecule has 1 fully saturated rings. The second kappa shape index (κ2) is 6.58. The Morgan fingerprint density at radius 2 is 2.12 bits per heavy atom. The molecule has 0 amide bonds. The van der Waals surface area contributed by atoms with Crippen molar-refractivity contribution in [3.05, 3.63) is 60.0 Å². The van der Waals surface area contributed by atoms with Gasteiger partial charge < -0.3 is 9.73 Å². The minimum Gasteiger partial charge on any atom is -0.444 e. The van der Waals surface area contributed by atoms with Crippen LogP contribution in [0.5, 0.6) is 0 Å². The van der Waals surface area contributed by atoms with Crippen LogP contribution in [0.4, 0.5) is 5.82 Å². The standard InChI is InChI=1S/C20H20N4O/c1-24-8-7-16(11-18(24)14-5-3-2-4-6-14)23-20-10-15-9-17(12-21)25-19(15)13-22-20/h2-6,9-10,13,16,18H,7-8,11H2,1H3,(H,22,23). The predicted octanol–water partition coefficient (Wildman–Crippen LogP) is 3.95. The van der Waals surface area contributed by atoms with Crippen molar-refractivity contribution in [2.45, 2.75) is 24.9 Å². The van der Waals surface area contributed by atoms with Gasteiger partial charge in [-0.25, -0.2) is 4.98 Å². The Bertz CT molecular complexity index is 912. The molecular weight excluding hydrogens is 312 g/mol. The lowest BCUT2D eigenvalue weighted by molar-refractivity contribution is 0.177. The number of aromatic nitrogens is 1. The Morgan fingerprint density at radius 3 is 2.92 bits per heavy atom. The van der Waals surface area contributed by atoms with Crippen molar-refractivity contribution in [3.8, 4) is 6.07 Å². The smallest absolute Gasteiger partial charge is 0.204 e. The first-order valence-corrected chi connectivity index (χ1v) is 8.54. The van der Waals surface area contributed by atoms with Gasteiger partial charge in [0.1, 0.15) is 11.9 Å². The molecule has 5 nitrogen and oxygen atoms in total. The Labute approximate surface area is 146 Å². The Balaban J connectivity index is 1.51. The zero-order chi connectivity index (χ0) is 17.2. The molecule has 1 aliphatic heterocycles. The van der Waals surface area contributed by atoms with Crippen LogP contribution in [-0.2, 0) is 0 Å². The van der Waals surface area contributed by atoms with E-state index >= 15 is 0 Å². The van der Waals surface area contributed by atoms with Gasteiger partial charge in [0, 0.05) is 30.1 Å². The molecule has 2 unspecified atom stereocenters. The molecule has 0 bridgehead atoms. The van der Waals surface area contributed by atoms with Crippen LogP contribution in [0, 0.1) is 11.3 Å². The number of rotatable bonds is 3. The van der Waals surface area contributed by atoms with Gasteiger partial charge in [-0.15, -0.1) is 0 Å². The monoisotopic (exact) mass is 332 g/mol. The SMILES string of the molecule is CN1CCC(Nc2cc3cc(C#N)oc3cn2)CC1c1ccccc1. The number of benzene rings is 1. The molecule has 1 saturated heterocycles. The maximum Gasteiger partial charge on any atom is 0.204 e. The van der Waals surface area contributed by atoms with Crippen LogP contribution < -0.4 is 5.32 Å². The van der Waals surface area contributed by atoms with Crippen molar-refractivity contribution < 1.29 is 4.42 Å². The number of hydrogen-bond donors (Lipinski definition) is 1. The van der Waals surface area contributed by atoms with Crippen LogP contribution in [0.1, 0.15) is 30.2 Å². The highest BCUT2D eigenvalue weighted by Crippen LogP contribution is 2.31. The van der Waals surface area contributed by atoms with E-state index in [9.17, 15) is 0 Å². The summed E-state index contributed by atoms with van der Waals surface area (Å²) < 4.78 is 5.39. The number of nitrogens with one attached hydrogen (secondary N) is 1. The Morgan fingerprint density at radius 1 is 1.28 bits per heavy atom. The molecule has 0 aliphatic carbocycles. The van der Waals surface area contributed by atoms with E-state index in [2.05, 4.69) is 52.6 Å². The fraction of sp³-hybridized carbons (Fsp3) is 0.300. The molecule has 3 heterocycles. The fourth-order valence-corrected chi connectivity index (χ4v) is 3.57. The van der Waals surface area contributed by atoms with Gasteiger partial charge in [0.2, 0.25) is 5.76 Å². The molecule has 3 aromatic rings. The van der Waals surface area contributed by atoms with Crippen molar-refractivity contribution in [3.63, 3.8) is 0 Å². The minimum absolute atomic E-state index is 0.317. The summed E-state index contributed by atoms with van der Waals surface area (Å²) in [5.74, 6) is 1.15. The quantitative estimate of drug-likeness (QED) is 0.787.